The van der Waals surface area contributed by atoms with E-state index in [1.807, 2.05) is 30.3 Å². The van der Waals surface area contributed by atoms with Crippen LogP contribution in [0.4, 0.5) is 5.69 Å². The molecule has 0 aromatic heterocycles. The predicted octanol–water partition coefficient (Wildman–Crippen LogP) is 6.57. The number of benzene rings is 1. The van der Waals surface area contributed by atoms with E-state index >= 15 is 0 Å². The maximum atomic E-state index is 12.6. The van der Waals surface area contributed by atoms with Gasteiger partial charge in [-0.05, 0) is 36.8 Å². The van der Waals surface area contributed by atoms with Crippen LogP contribution in [-0.4, -0.2) is 5.91 Å². The van der Waals surface area contributed by atoms with Crippen molar-refractivity contribution < 1.29 is 4.79 Å². The van der Waals surface area contributed by atoms with Crippen molar-refractivity contribution >= 4 is 11.6 Å². The van der Waals surface area contributed by atoms with E-state index in [9.17, 15) is 4.79 Å². The van der Waals surface area contributed by atoms with Crippen molar-refractivity contribution in [3.05, 3.63) is 30.3 Å². The van der Waals surface area contributed by atoms with Gasteiger partial charge in [0.2, 0.25) is 5.91 Å². The zero-order valence-corrected chi connectivity index (χ0v) is 15.7. The molecular weight excluding hydrogens is 306 g/mol. The molecule has 2 saturated carbocycles. The molecule has 0 atom stereocenters. The first-order valence-corrected chi connectivity index (χ1v) is 10.7. The molecule has 0 aliphatic heterocycles. The van der Waals surface area contributed by atoms with Crippen molar-refractivity contribution in [2.75, 3.05) is 5.32 Å². The highest BCUT2D eigenvalue weighted by atomic mass is 16.1. The summed E-state index contributed by atoms with van der Waals surface area (Å²) in [6.07, 6.45) is 17.5. The molecule has 0 spiro atoms. The Morgan fingerprint density at radius 3 is 1.80 bits per heavy atom. The summed E-state index contributed by atoms with van der Waals surface area (Å²) in [4.78, 5) is 12.6. The standard InChI is InChI=1S/C23H35NO/c25-23(24-22-17-7-4-8-18-22)21-15-9-13-20(14-10-16-21)19-11-5-2-1-3-6-12-19/h4,7-8,17-21H,1-3,5-6,9-16H2,(H,24,25). The van der Waals surface area contributed by atoms with Gasteiger partial charge in [-0.2, -0.15) is 0 Å². The van der Waals surface area contributed by atoms with Crippen LogP contribution in [0.15, 0.2) is 30.3 Å². The smallest absolute Gasteiger partial charge is 0.227 e. The lowest BCUT2D eigenvalue weighted by Gasteiger charge is -2.31. The molecule has 1 aromatic carbocycles. The minimum absolute atomic E-state index is 0.207. The summed E-state index contributed by atoms with van der Waals surface area (Å²) in [5, 5.41) is 3.11. The Hall–Kier alpha value is -1.31. The highest BCUT2D eigenvalue weighted by molar-refractivity contribution is 5.92. The molecule has 2 aliphatic rings. The van der Waals surface area contributed by atoms with E-state index in [1.165, 1.54) is 70.6 Å². The van der Waals surface area contributed by atoms with Crippen LogP contribution in [0.1, 0.15) is 83.5 Å². The largest absolute Gasteiger partial charge is 0.326 e. The third-order valence-electron chi connectivity index (χ3n) is 6.48. The van der Waals surface area contributed by atoms with Crippen molar-refractivity contribution in [1.29, 1.82) is 0 Å². The van der Waals surface area contributed by atoms with Gasteiger partial charge in [0.25, 0.3) is 0 Å². The van der Waals surface area contributed by atoms with Crippen LogP contribution in [0.3, 0.4) is 0 Å². The quantitative estimate of drug-likeness (QED) is 0.661. The maximum Gasteiger partial charge on any atom is 0.227 e. The number of amides is 1. The van der Waals surface area contributed by atoms with Crippen LogP contribution in [0.2, 0.25) is 0 Å². The molecule has 0 heterocycles. The van der Waals surface area contributed by atoms with Crippen LogP contribution in [0, 0.1) is 17.8 Å². The minimum atomic E-state index is 0.207. The molecule has 0 saturated heterocycles. The first-order chi connectivity index (χ1) is 12.3. The number of carbonyl (C=O) groups is 1. The molecule has 2 heteroatoms. The van der Waals surface area contributed by atoms with E-state index in [0.717, 1.165) is 30.4 Å². The molecule has 2 nitrogen and oxygen atoms in total. The van der Waals surface area contributed by atoms with E-state index < -0.39 is 0 Å². The van der Waals surface area contributed by atoms with E-state index in [0.29, 0.717) is 0 Å². The molecule has 3 rings (SSSR count). The Morgan fingerprint density at radius 1 is 0.680 bits per heavy atom. The fourth-order valence-corrected chi connectivity index (χ4v) is 5.00. The lowest BCUT2D eigenvalue weighted by molar-refractivity contribution is -0.120. The van der Waals surface area contributed by atoms with Crippen molar-refractivity contribution in [2.24, 2.45) is 17.8 Å². The molecule has 0 bridgehead atoms. The lowest BCUT2D eigenvalue weighted by Crippen LogP contribution is -2.26. The van der Waals surface area contributed by atoms with Gasteiger partial charge in [-0.25, -0.2) is 0 Å². The number of para-hydroxylation sites is 1. The van der Waals surface area contributed by atoms with Gasteiger partial charge in [-0.1, -0.05) is 88.8 Å². The van der Waals surface area contributed by atoms with Gasteiger partial charge in [0.15, 0.2) is 0 Å². The molecule has 1 aromatic rings. The molecular formula is C23H35NO. The predicted molar refractivity (Wildman–Crippen MR) is 106 cm³/mol. The fraction of sp³-hybridized carbons (Fsp3) is 0.696. The second kappa shape index (κ2) is 9.99. The van der Waals surface area contributed by atoms with E-state index in [2.05, 4.69) is 5.32 Å². The van der Waals surface area contributed by atoms with Crippen LogP contribution in [0.5, 0.6) is 0 Å². The summed E-state index contributed by atoms with van der Waals surface area (Å²) >= 11 is 0. The highest BCUT2D eigenvalue weighted by Crippen LogP contribution is 2.37. The zero-order chi connectivity index (χ0) is 17.3. The average Bonchev–Trinajstić information content (AvgIpc) is 2.56. The number of hydrogen-bond donors (Lipinski definition) is 1. The second-order valence-corrected chi connectivity index (χ2v) is 8.28. The Labute approximate surface area is 153 Å². The average molecular weight is 342 g/mol. The SMILES string of the molecule is O=C(Nc1ccccc1)C1CCCC(C2CCCCCCC2)CCC1. The summed E-state index contributed by atoms with van der Waals surface area (Å²) < 4.78 is 0. The van der Waals surface area contributed by atoms with Gasteiger partial charge >= 0.3 is 0 Å². The van der Waals surface area contributed by atoms with E-state index in [1.54, 1.807) is 0 Å². The molecule has 1 amide bonds. The van der Waals surface area contributed by atoms with Gasteiger partial charge in [0.1, 0.15) is 0 Å². The summed E-state index contributed by atoms with van der Waals surface area (Å²) in [6.45, 7) is 0. The van der Waals surface area contributed by atoms with Gasteiger partial charge in [0.05, 0.1) is 0 Å². The molecule has 1 N–H and O–H groups in total. The summed E-state index contributed by atoms with van der Waals surface area (Å²) in [5.74, 6) is 2.33. The van der Waals surface area contributed by atoms with Gasteiger partial charge in [-0.15, -0.1) is 0 Å². The molecule has 2 fully saturated rings. The normalized spacial score (nSPS) is 26.7. The summed E-state index contributed by atoms with van der Waals surface area (Å²) in [7, 11) is 0. The summed E-state index contributed by atoms with van der Waals surface area (Å²) in [5.41, 5.74) is 0.932. The third kappa shape index (κ3) is 5.87. The van der Waals surface area contributed by atoms with Crippen LogP contribution >= 0.6 is 0 Å². The van der Waals surface area contributed by atoms with Crippen molar-refractivity contribution in [2.45, 2.75) is 83.5 Å². The topological polar surface area (TPSA) is 29.1 Å². The number of rotatable bonds is 3. The molecule has 138 valence electrons. The molecule has 2 aliphatic carbocycles. The van der Waals surface area contributed by atoms with Crippen LogP contribution in [-0.2, 0) is 4.79 Å². The lowest BCUT2D eigenvalue weighted by atomic mass is 9.75. The number of carbonyl (C=O) groups excluding carboxylic acids is 1. The highest BCUT2D eigenvalue weighted by Gasteiger charge is 2.26. The maximum absolute atomic E-state index is 12.6. The second-order valence-electron chi connectivity index (χ2n) is 8.28. The minimum Gasteiger partial charge on any atom is -0.326 e. The summed E-state index contributed by atoms with van der Waals surface area (Å²) in [6, 6.07) is 9.90. The van der Waals surface area contributed by atoms with Gasteiger partial charge < -0.3 is 5.32 Å². The Balaban J connectivity index is 1.47. The Morgan fingerprint density at radius 2 is 1.20 bits per heavy atom. The molecule has 0 radical (unpaired) electrons. The number of hydrogen-bond acceptors (Lipinski definition) is 1. The monoisotopic (exact) mass is 341 g/mol. The number of nitrogens with one attached hydrogen (secondary N) is 1. The van der Waals surface area contributed by atoms with Gasteiger partial charge in [0, 0.05) is 11.6 Å². The van der Waals surface area contributed by atoms with Crippen molar-refractivity contribution in [3.63, 3.8) is 0 Å². The first kappa shape index (κ1) is 18.5. The van der Waals surface area contributed by atoms with Crippen LogP contribution in [0.25, 0.3) is 0 Å². The zero-order valence-electron chi connectivity index (χ0n) is 15.7. The van der Waals surface area contributed by atoms with E-state index in [-0.39, 0.29) is 11.8 Å². The third-order valence-corrected chi connectivity index (χ3v) is 6.48. The number of anilines is 1. The first-order valence-electron chi connectivity index (χ1n) is 10.7. The van der Waals surface area contributed by atoms with E-state index in [4.69, 9.17) is 0 Å². The van der Waals surface area contributed by atoms with Gasteiger partial charge in [-0.3, -0.25) is 4.79 Å². The fourth-order valence-electron chi connectivity index (χ4n) is 5.00. The van der Waals surface area contributed by atoms with Crippen molar-refractivity contribution in [3.8, 4) is 0 Å². The molecule has 0 unspecified atom stereocenters. The molecule has 25 heavy (non-hydrogen) atoms. The van der Waals surface area contributed by atoms with Crippen molar-refractivity contribution in [1.82, 2.24) is 0 Å². The Kier molecular flexibility index (Phi) is 7.38. The van der Waals surface area contributed by atoms with Crippen LogP contribution < -0.4 is 5.32 Å². The Bertz CT molecular complexity index is 494.